The quantitative estimate of drug-likeness (QED) is 0.713. The van der Waals surface area contributed by atoms with Gasteiger partial charge < -0.3 is 14.6 Å². The molecular formula is C12H19NO3. The molecule has 0 fully saturated rings. The monoisotopic (exact) mass is 225 g/mol. The van der Waals surface area contributed by atoms with Gasteiger partial charge in [-0.1, -0.05) is 6.07 Å². The summed E-state index contributed by atoms with van der Waals surface area (Å²) in [5.74, 6) is 0.595. The molecule has 0 bridgehead atoms. The molecule has 0 radical (unpaired) electrons. The zero-order chi connectivity index (χ0) is 11.8. The molecule has 16 heavy (non-hydrogen) atoms. The van der Waals surface area contributed by atoms with E-state index in [2.05, 4.69) is 4.98 Å². The molecule has 1 rings (SSSR count). The molecule has 4 nitrogen and oxygen atoms in total. The van der Waals surface area contributed by atoms with Gasteiger partial charge in [0.25, 0.3) is 0 Å². The van der Waals surface area contributed by atoms with Crippen LogP contribution in [-0.2, 0) is 11.2 Å². The average Bonchev–Trinajstić information content (AvgIpc) is 2.30. The van der Waals surface area contributed by atoms with Crippen LogP contribution in [0, 0.1) is 0 Å². The molecule has 0 aliphatic heterocycles. The lowest BCUT2D eigenvalue weighted by Crippen LogP contribution is -2.11. The van der Waals surface area contributed by atoms with E-state index in [1.807, 2.05) is 6.07 Å². The summed E-state index contributed by atoms with van der Waals surface area (Å²) in [4.78, 5) is 4.09. The van der Waals surface area contributed by atoms with Gasteiger partial charge in [0.2, 0.25) is 5.88 Å². The number of nitrogens with zero attached hydrogens (tertiary/aromatic N) is 1. The third kappa shape index (κ3) is 4.59. The van der Waals surface area contributed by atoms with Gasteiger partial charge in [0.05, 0.1) is 13.2 Å². The second-order valence-corrected chi connectivity index (χ2v) is 3.70. The number of hydrogen-bond donors (Lipinski definition) is 1. The van der Waals surface area contributed by atoms with Crippen molar-refractivity contribution in [3.05, 3.63) is 23.9 Å². The van der Waals surface area contributed by atoms with Crippen LogP contribution in [-0.4, -0.2) is 37.0 Å². The topological polar surface area (TPSA) is 51.6 Å². The first-order valence-corrected chi connectivity index (χ1v) is 5.42. The van der Waals surface area contributed by atoms with Gasteiger partial charge >= 0.3 is 0 Å². The highest BCUT2D eigenvalue weighted by Gasteiger charge is 2.05. The summed E-state index contributed by atoms with van der Waals surface area (Å²) in [7, 11) is 3.25. The highest BCUT2D eigenvalue weighted by Crippen LogP contribution is 2.10. The van der Waals surface area contributed by atoms with Crippen LogP contribution in [0.15, 0.2) is 18.3 Å². The number of ether oxygens (including phenoxy) is 2. The van der Waals surface area contributed by atoms with E-state index in [1.54, 1.807) is 26.5 Å². The van der Waals surface area contributed by atoms with Gasteiger partial charge in [0.15, 0.2) is 0 Å². The molecular weight excluding hydrogens is 206 g/mol. The lowest BCUT2D eigenvalue weighted by atomic mass is 10.1. The standard InChI is InChI=1S/C12H19NO3/c1-15-7-3-4-11(14)8-10-5-6-12(16-2)13-9-10/h5-6,9,11,14H,3-4,7-8H2,1-2H3. The Labute approximate surface area is 96.2 Å². The number of aliphatic hydroxyl groups is 1. The minimum absolute atomic E-state index is 0.328. The van der Waals surface area contributed by atoms with Crippen molar-refractivity contribution in [1.82, 2.24) is 4.98 Å². The highest BCUT2D eigenvalue weighted by atomic mass is 16.5. The molecule has 0 spiro atoms. The maximum absolute atomic E-state index is 9.74. The van der Waals surface area contributed by atoms with Crippen molar-refractivity contribution in [3.8, 4) is 5.88 Å². The largest absolute Gasteiger partial charge is 0.481 e. The second-order valence-electron chi connectivity index (χ2n) is 3.70. The number of rotatable bonds is 7. The predicted molar refractivity (Wildman–Crippen MR) is 61.6 cm³/mol. The number of aliphatic hydroxyl groups excluding tert-OH is 1. The van der Waals surface area contributed by atoms with Crippen molar-refractivity contribution in [2.24, 2.45) is 0 Å². The van der Waals surface area contributed by atoms with Crippen molar-refractivity contribution in [2.75, 3.05) is 20.8 Å². The summed E-state index contributed by atoms with van der Waals surface area (Å²) in [5, 5.41) is 9.74. The first-order chi connectivity index (χ1) is 7.76. The smallest absolute Gasteiger partial charge is 0.212 e. The average molecular weight is 225 g/mol. The summed E-state index contributed by atoms with van der Waals surface area (Å²) in [6.45, 7) is 0.692. The molecule has 4 heteroatoms. The van der Waals surface area contributed by atoms with Crippen LogP contribution in [0.5, 0.6) is 5.88 Å². The van der Waals surface area contributed by atoms with Crippen molar-refractivity contribution < 1.29 is 14.6 Å². The van der Waals surface area contributed by atoms with Crippen molar-refractivity contribution in [1.29, 1.82) is 0 Å². The van der Waals surface area contributed by atoms with E-state index in [0.29, 0.717) is 18.9 Å². The Morgan fingerprint density at radius 2 is 2.19 bits per heavy atom. The van der Waals surface area contributed by atoms with Gasteiger partial charge in [-0.25, -0.2) is 4.98 Å². The van der Waals surface area contributed by atoms with Crippen LogP contribution in [0.3, 0.4) is 0 Å². The molecule has 0 saturated heterocycles. The van der Waals surface area contributed by atoms with E-state index in [0.717, 1.165) is 18.4 Å². The van der Waals surface area contributed by atoms with E-state index in [9.17, 15) is 5.11 Å². The van der Waals surface area contributed by atoms with E-state index in [4.69, 9.17) is 9.47 Å². The summed E-state index contributed by atoms with van der Waals surface area (Å²) in [5.41, 5.74) is 1.02. The van der Waals surface area contributed by atoms with E-state index in [-0.39, 0.29) is 6.10 Å². The Kier molecular flexibility index (Phi) is 5.82. The van der Waals surface area contributed by atoms with Crippen LogP contribution in [0.25, 0.3) is 0 Å². The van der Waals surface area contributed by atoms with Crippen LogP contribution in [0.1, 0.15) is 18.4 Å². The molecule has 0 aliphatic rings. The van der Waals surface area contributed by atoms with Gasteiger partial charge in [0.1, 0.15) is 0 Å². The maximum atomic E-state index is 9.74. The summed E-state index contributed by atoms with van der Waals surface area (Å²) in [6.07, 6.45) is 3.66. The van der Waals surface area contributed by atoms with Gasteiger partial charge in [-0.05, 0) is 24.8 Å². The zero-order valence-corrected chi connectivity index (χ0v) is 9.85. The van der Waals surface area contributed by atoms with Crippen molar-refractivity contribution in [2.45, 2.75) is 25.4 Å². The van der Waals surface area contributed by atoms with Crippen LogP contribution >= 0.6 is 0 Å². The van der Waals surface area contributed by atoms with Crippen molar-refractivity contribution >= 4 is 0 Å². The molecule has 1 N–H and O–H groups in total. The predicted octanol–water partition coefficient (Wildman–Crippen LogP) is 1.42. The minimum Gasteiger partial charge on any atom is -0.481 e. The van der Waals surface area contributed by atoms with Gasteiger partial charge in [0, 0.05) is 26.0 Å². The first kappa shape index (κ1) is 12.9. The van der Waals surface area contributed by atoms with E-state index < -0.39 is 0 Å². The van der Waals surface area contributed by atoms with E-state index in [1.165, 1.54) is 0 Å². The fourth-order valence-electron chi connectivity index (χ4n) is 1.49. The molecule has 1 atom stereocenters. The molecule has 0 aliphatic carbocycles. The second kappa shape index (κ2) is 7.19. The molecule has 90 valence electrons. The minimum atomic E-state index is -0.328. The first-order valence-electron chi connectivity index (χ1n) is 5.42. The lowest BCUT2D eigenvalue weighted by Gasteiger charge is -2.10. The van der Waals surface area contributed by atoms with Crippen molar-refractivity contribution in [3.63, 3.8) is 0 Å². The fourth-order valence-corrected chi connectivity index (χ4v) is 1.49. The molecule has 1 aromatic heterocycles. The fraction of sp³-hybridized carbons (Fsp3) is 0.583. The summed E-state index contributed by atoms with van der Waals surface area (Å²) < 4.78 is 9.90. The maximum Gasteiger partial charge on any atom is 0.212 e. The van der Waals surface area contributed by atoms with Crippen LogP contribution in [0.4, 0.5) is 0 Å². The third-order valence-corrected chi connectivity index (χ3v) is 2.36. The molecule has 0 saturated carbocycles. The number of methoxy groups -OCH3 is 2. The van der Waals surface area contributed by atoms with Crippen LogP contribution in [0.2, 0.25) is 0 Å². The number of pyridine rings is 1. The Bertz CT molecular complexity index is 287. The zero-order valence-electron chi connectivity index (χ0n) is 9.85. The van der Waals surface area contributed by atoms with Gasteiger partial charge in [-0.2, -0.15) is 0 Å². The third-order valence-electron chi connectivity index (χ3n) is 2.36. The molecule has 0 amide bonds. The Hall–Kier alpha value is -1.13. The highest BCUT2D eigenvalue weighted by molar-refractivity contribution is 5.18. The Balaban J connectivity index is 2.34. The van der Waals surface area contributed by atoms with Crippen LogP contribution < -0.4 is 4.74 Å². The summed E-state index contributed by atoms with van der Waals surface area (Å²) >= 11 is 0. The number of aromatic nitrogens is 1. The number of hydrogen-bond acceptors (Lipinski definition) is 4. The summed E-state index contributed by atoms with van der Waals surface area (Å²) in [6, 6.07) is 3.72. The molecule has 1 aromatic rings. The van der Waals surface area contributed by atoms with E-state index >= 15 is 0 Å². The van der Waals surface area contributed by atoms with Gasteiger partial charge in [-0.15, -0.1) is 0 Å². The SMILES string of the molecule is COCCCC(O)Cc1ccc(OC)nc1. The van der Waals surface area contributed by atoms with Gasteiger partial charge in [-0.3, -0.25) is 0 Å². The lowest BCUT2D eigenvalue weighted by molar-refractivity contribution is 0.135. The Morgan fingerprint density at radius 1 is 1.38 bits per heavy atom. The molecule has 1 unspecified atom stereocenters. The molecule has 1 heterocycles. The normalized spacial score (nSPS) is 12.4. The molecule has 0 aromatic carbocycles. The Morgan fingerprint density at radius 3 is 2.75 bits per heavy atom.